The fourth-order valence-corrected chi connectivity index (χ4v) is 19.7. The Morgan fingerprint density at radius 3 is 2.00 bits per heavy atom. The summed E-state index contributed by atoms with van der Waals surface area (Å²) in [5.41, 5.74) is 1.31. The molecule has 0 aliphatic rings. The van der Waals surface area contributed by atoms with Crippen LogP contribution in [-0.4, -0.2) is 16.0 Å². The number of halogens is 1. The second kappa shape index (κ2) is 8.50. The second-order valence-electron chi connectivity index (χ2n) is 6.04. The third kappa shape index (κ3) is 7.54. The fourth-order valence-electron chi connectivity index (χ4n) is 2.32. The van der Waals surface area contributed by atoms with E-state index >= 15 is 0 Å². The summed E-state index contributed by atoms with van der Waals surface area (Å²) in [4.78, 5) is 0. The van der Waals surface area contributed by atoms with Crippen LogP contribution in [0.2, 0.25) is 13.4 Å². The Morgan fingerprint density at radius 1 is 1.00 bits per heavy atom. The van der Waals surface area contributed by atoms with Gasteiger partial charge in [-0.1, -0.05) is 0 Å². The summed E-state index contributed by atoms with van der Waals surface area (Å²) in [6, 6.07) is 10.6. The van der Waals surface area contributed by atoms with Gasteiger partial charge in [-0.25, -0.2) is 0 Å². The monoisotopic (exact) mass is 440 g/mol. The van der Waals surface area contributed by atoms with Gasteiger partial charge in [0, 0.05) is 0 Å². The summed E-state index contributed by atoms with van der Waals surface area (Å²) in [6.45, 7) is 9.40. The van der Waals surface area contributed by atoms with E-state index in [1.165, 1.54) is 19.0 Å². The van der Waals surface area contributed by atoms with E-state index in [1.807, 2.05) is 0 Å². The van der Waals surface area contributed by atoms with Crippen molar-refractivity contribution in [2.24, 2.45) is 11.8 Å². The molecule has 0 nitrogen and oxygen atoms in total. The van der Waals surface area contributed by atoms with Crippen molar-refractivity contribution in [2.45, 2.75) is 41.1 Å². The molecule has 0 N–H and O–H groups in total. The van der Waals surface area contributed by atoms with Crippen molar-refractivity contribution in [1.82, 2.24) is 0 Å². The summed E-state index contributed by atoms with van der Waals surface area (Å²) < 4.78 is 4.12. The van der Waals surface area contributed by atoms with Gasteiger partial charge in [0.2, 0.25) is 0 Å². The van der Waals surface area contributed by atoms with Gasteiger partial charge in [-0.15, -0.1) is 0 Å². The van der Waals surface area contributed by atoms with Gasteiger partial charge in [-0.05, 0) is 0 Å². The Hall–Kier alpha value is 0.230. The van der Waals surface area contributed by atoms with Gasteiger partial charge in [-0.2, -0.15) is 0 Å². The molecule has 0 fully saturated rings. The molecule has 0 spiro atoms. The van der Waals surface area contributed by atoms with E-state index in [4.69, 9.17) is 0 Å². The fraction of sp³-hybridized carbons (Fsp3) is 0.529. The quantitative estimate of drug-likeness (QED) is 0.435. The van der Waals surface area contributed by atoms with Crippen LogP contribution in [0.1, 0.15) is 33.3 Å². The first kappa shape index (κ1) is 17.3. The molecule has 0 unspecified atom stereocenters. The molecule has 1 rings (SSSR count). The van der Waals surface area contributed by atoms with E-state index in [0.29, 0.717) is 0 Å². The van der Waals surface area contributed by atoms with E-state index in [2.05, 4.69) is 82.9 Å². The molecule has 0 bridgehead atoms. The zero-order chi connectivity index (χ0) is 14.3. The van der Waals surface area contributed by atoms with Crippen LogP contribution in [-0.2, 0) is 0 Å². The Kier molecular flexibility index (Phi) is 7.73. The molecule has 0 amide bonds. The number of benzene rings is 1. The van der Waals surface area contributed by atoms with Gasteiger partial charge in [0.05, 0.1) is 0 Å². The SMILES string of the molecule is CC(C)C[Te](Br)(C/C=C/c1ccccc1)CC(C)C. The summed E-state index contributed by atoms with van der Waals surface area (Å²) in [5.74, 6) is 1.62. The van der Waals surface area contributed by atoms with Crippen LogP contribution in [0, 0.1) is 11.8 Å². The predicted molar refractivity (Wildman–Crippen MR) is 94.3 cm³/mol. The molecule has 19 heavy (non-hydrogen) atoms. The van der Waals surface area contributed by atoms with Crippen LogP contribution in [0.3, 0.4) is 0 Å². The third-order valence-corrected chi connectivity index (χ3v) is 17.6. The molecule has 0 saturated heterocycles. The van der Waals surface area contributed by atoms with Gasteiger partial charge in [0.15, 0.2) is 0 Å². The van der Waals surface area contributed by atoms with Gasteiger partial charge >= 0.3 is 130 Å². The van der Waals surface area contributed by atoms with Crippen molar-refractivity contribution in [1.29, 1.82) is 0 Å². The topological polar surface area (TPSA) is 0 Å². The van der Waals surface area contributed by atoms with E-state index in [-0.39, 0.29) is 0 Å². The minimum atomic E-state index is -1.88. The normalized spacial score (nSPS) is 13.6. The number of hydrogen-bond acceptors (Lipinski definition) is 0. The maximum absolute atomic E-state index is 4.20. The summed E-state index contributed by atoms with van der Waals surface area (Å²) in [6.07, 6.45) is 4.68. The van der Waals surface area contributed by atoms with Crippen LogP contribution >= 0.6 is 12.8 Å². The Balaban J connectivity index is 2.65. The average molecular weight is 439 g/mol. The van der Waals surface area contributed by atoms with Crippen molar-refractivity contribution >= 4 is 34.8 Å². The molecule has 0 aliphatic carbocycles. The van der Waals surface area contributed by atoms with Crippen molar-refractivity contribution in [3.63, 3.8) is 0 Å². The van der Waals surface area contributed by atoms with Gasteiger partial charge in [-0.3, -0.25) is 0 Å². The average Bonchev–Trinajstić information content (AvgIpc) is 2.27. The molecule has 0 atom stereocenters. The van der Waals surface area contributed by atoms with E-state index < -0.39 is 16.0 Å². The zero-order valence-electron chi connectivity index (χ0n) is 12.6. The van der Waals surface area contributed by atoms with Crippen LogP contribution in [0.5, 0.6) is 0 Å². The van der Waals surface area contributed by atoms with Crippen LogP contribution in [0.25, 0.3) is 6.08 Å². The van der Waals surface area contributed by atoms with E-state index in [1.54, 1.807) is 0 Å². The van der Waals surface area contributed by atoms with E-state index in [0.717, 1.165) is 11.8 Å². The molecule has 0 heterocycles. The van der Waals surface area contributed by atoms with Crippen LogP contribution < -0.4 is 0 Å². The van der Waals surface area contributed by atoms with Crippen molar-refractivity contribution in [3.8, 4) is 0 Å². The molecule has 0 aliphatic heterocycles. The third-order valence-electron chi connectivity index (χ3n) is 2.77. The Bertz CT molecular complexity index is 372. The summed E-state index contributed by atoms with van der Waals surface area (Å²) in [7, 11) is 0. The molecule has 2 heteroatoms. The summed E-state index contributed by atoms with van der Waals surface area (Å²) in [5, 5.41) is 0. The minimum absolute atomic E-state index is 0.810. The van der Waals surface area contributed by atoms with Gasteiger partial charge in [0.25, 0.3) is 0 Å². The van der Waals surface area contributed by atoms with Crippen molar-refractivity contribution in [2.75, 3.05) is 0 Å². The maximum atomic E-state index is 4.20. The van der Waals surface area contributed by atoms with E-state index in [9.17, 15) is 0 Å². The first-order valence-corrected chi connectivity index (χ1v) is 17.3. The molecular formula is C17H27BrTe. The molecule has 1 aromatic rings. The number of rotatable bonds is 7. The molecular weight excluding hydrogens is 412 g/mol. The molecule has 0 saturated carbocycles. The number of allylic oxidation sites excluding steroid dienone is 1. The number of hydrogen-bond donors (Lipinski definition) is 0. The standard InChI is InChI=1S/C17H27BrTe/c1-15(2)13-19(18,14-16(3)4)12-8-11-17-9-6-5-7-10-17/h5-11,15-16H,12-14H2,1-4H3/b11-8+. The summed E-state index contributed by atoms with van der Waals surface area (Å²) >= 11 is 2.32. The molecule has 108 valence electrons. The van der Waals surface area contributed by atoms with Crippen molar-refractivity contribution in [3.05, 3.63) is 42.0 Å². The van der Waals surface area contributed by atoms with Gasteiger partial charge in [0.1, 0.15) is 0 Å². The molecule has 1 aromatic carbocycles. The first-order valence-electron chi connectivity index (χ1n) is 7.09. The first-order chi connectivity index (χ1) is 8.91. The Labute approximate surface area is 129 Å². The van der Waals surface area contributed by atoms with Crippen LogP contribution in [0.4, 0.5) is 0 Å². The second-order valence-corrected chi connectivity index (χ2v) is 23.5. The van der Waals surface area contributed by atoms with Crippen LogP contribution in [0.15, 0.2) is 36.4 Å². The Morgan fingerprint density at radius 2 is 1.53 bits per heavy atom. The molecule has 0 aromatic heterocycles. The van der Waals surface area contributed by atoms with Crippen molar-refractivity contribution < 1.29 is 0 Å². The van der Waals surface area contributed by atoms with Gasteiger partial charge < -0.3 is 0 Å². The molecule has 0 radical (unpaired) electrons. The predicted octanol–water partition coefficient (Wildman–Crippen LogP) is 6.35. The zero-order valence-corrected chi connectivity index (χ0v) is 16.5.